The van der Waals surface area contributed by atoms with Gasteiger partial charge in [-0.1, -0.05) is 11.2 Å². The third kappa shape index (κ3) is 5.11. The van der Waals surface area contributed by atoms with Gasteiger partial charge < -0.3 is 25.0 Å². The normalized spacial score (nSPS) is 23.9. The van der Waals surface area contributed by atoms with Gasteiger partial charge in [0.15, 0.2) is 28.8 Å². The maximum atomic E-state index is 13.0. The molecule has 2 saturated heterocycles. The Labute approximate surface area is 278 Å². The Kier molecular flexibility index (Phi) is 7.64. The number of nitrogens with one attached hydrogen (secondary N) is 1. The van der Waals surface area contributed by atoms with Crippen LogP contribution in [0.5, 0.6) is 5.88 Å². The zero-order valence-corrected chi connectivity index (χ0v) is 27.2. The number of carbonyl (C=O) groups is 1. The molecule has 2 fully saturated rings. The molecule has 3 aromatic heterocycles. The molecule has 8 rings (SSSR count). The summed E-state index contributed by atoms with van der Waals surface area (Å²) < 4.78 is 19.7. The fraction of sp³-hybridized carbons (Fsp3) is 0.486. The van der Waals surface area contributed by atoms with Gasteiger partial charge in [-0.3, -0.25) is 9.69 Å². The molecular weight excluding hydrogens is 610 g/mol. The first kappa shape index (κ1) is 30.5. The van der Waals surface area contributed by atoms with Crippen molar-refractivity contribution in [2.75, 3.05) is 32.5 Å². The van der Waals surface area contributed by atoms with E-state index in [4.69, 9.17) is 29.7 Å². The molecule has 4 atom stereocenters. The first-order chi connectivity index (χ1) is 23.3. The van der Waals surface area contributed by atoms with Gasteiger partial charge in [-0.25, -0.2) is 9.67 Å². The number of fused-ring (bicyclic) bond motifs is 4. The molecule has 2 aliphatic heterocycles. The van der Waals surface area contributed by atoms with Crippen molar-refractivity contribution >= 4 is 11.6 Å². The molecule has 3 N–H and O–H groups in total. The van der Waals surface area contributed by atoms with Crippen molar-refractivity contribution in [1.29, 1.82) is 5.26 Å². The lowest BCUT2D eigenvalue weighted by Gasteiger charge is -2.33. The summed E-state index contributed by atoms with van der Waals surface area (Å²) in [6.07, 6.45) is 8.63. The second-order valence-corrected chi connectivity index (χ2v) is 13.5. The van der Waals surface area contributed by atoms with Crippen LogP contribution in [0.2, 0.25) is 0 Å². The van der Waals surface area contributed by atoms with E-state index in [1.165, 1.54) is 0 Å². The number of nitriles is 1. The van der Waals surface area contributed by atoms with E-state index in [1.807, 2.05) is 12.1 Å². The largest absolute Gasteiger partial charge is 0.473 e. The molecule has 1 aromatic carbocycles. The highest BCUT2D eigenvalue weighted by atomic mass is 16.5. The van der Waals surface area contributed by atoms with Crippen LogP contribution in [0.15, 0.2) is 35.0 Å². The first-order valence-electron chi connectivity index (χ1n) is 16.9. The molecule has 0 unspecified atom stereocenters. The van der Waals surface area contributed by atoms with Gasteiger partial charge in [0.25, 0.3) is 5.91 Å². The number of nitrogen functional groups attached to an aromatic ring is 1. The summed E-state index contributed by atoms with van der Waals surface area (Å²) in [6.45, 7) is 4.22. The van der Waals surface area contributed by atoms with Crippen LogP contribution in [0.3, 0.4) is 0 Å². The zero-order valence-electron chi connectivity index (χ0n) is 27.2. The number of amides is 1. The molecule has 13 heteroatoms. The van der Waals surface area contributed by atoms with Crippen molar-refractivity contribution in [2.45, 2.75) is 81.9 Å². The minimum atomic E-state index is -0.484. The number of likely N-dealkylation sites (tertiary alicyclic amines) is 1. The summed E-state index contributed by atoms with van der Waals surface area (Å²) in [7, 11) is 2.12. The van der Waals surface area contributed by atoms with Gasteiger partial charge in [-0.2, -0.15) is 15.3 Å². The minimum Gasteiger partial charge on any atom is -0.473 e. The molecule has 4 aliphatic rings. The molecule has 248 valence electrons. The summed E-state index contributed by atoms with van der Waals surface area (Å²) >= 11 is 0. The third-order valence-corrected chi connectivity index (χ3v) is 10.6. The monoisotopic (exact) mass is 649 g/mol. The highest BCUT2D eigenvalue weighted by molar-refractivity contribution is 5.92. The average Bonchev–Trinajstić information content (AvgIpc) is 3.93. The number of hydrogen-bond acceptors (Lipinski definition) is 11. The first-order valence-corrected chi connectivity index (χ1v) is 16.9. The number of nitrogens with two attached hydrogens (primary N) is 1. The number of rotatable bonds is 7. The number of anilines is 1. The smallest absolute Gasteiger partial charge is 0.272 e. The fourth-order valence-electron chi connectivity index (χ4n) is 8.24. The fourth-order valence-corrected chi connectivity index (χ4v) is 8.24. The van der Waals surface area contributed by atoms with Crippen molar-refractivity contribution < 1.29 is 18.8 Å². The Hall–Kier alpha value is -4.80. The lowest BCUT2D eigenvalue weighted by molar-refractivity contribution is 0.0924. The Balaban J connectivity index is 1.19. The Morgan fingerprint density at radius 1 is 1.21 bits per heavy atom. The Morgan fingerprint density at radius 2 is 2.10 bits per heavy atom. The molecule has 2 aliphatic carbocycles. The number of carbonyl (C=O) groups excluding carboxylic acids is 1. The van der Waals surface area contributed by atoms with Crippen LogP contribution in [0, 0.1) is 11.3 Å². The predicted octanol–water partition coefficient (Wildman–Crippen LogP) is 3.72. The van der Waals surface area contributed by atoms with Crippen molar-refractivity contribution in [3.8, 4) is 29.3 Å². The van der Waals surface area contributed by atoms with Gasteiger partial charge in [0.05, 0.1) is 23.6 Å². The number of nitrogens with zero attached hydrogens (tertiary/aromatic N) is 7. The Morgan fingerprint density at radius 3 is 2.90 bits per heavy atom. The van der Waals surface area contributed by atoms with Crippen LogP contribution in [0.25, 0.3) is 17.3 Å². The van der Waals surface area contributed by atoms with E-state index in [2.05, 4.69) is 40.5 Å². The quantitative estimate of drug-likeness (QED) is 0.280. The summed E-state index contributed by atoms with van der Waals surface area (Å²) in [5.74, 6) is 1.68. The topological polar surface area (TPSA) is 170 Å². The highest BCUT2D eigenvalue weighted by Crippen LogP contribution is 2.54. The standard InChI is InChI=1S/C35H39N9O4/c1-20(27-6-4-14-43(27)2)47-29-17-28(44-15-10-26(41-44)34(45)38-22-11-16-46-19-22)39-33(40-29)31-23-5-3-12-35(32(23)48-42-31)13-9-21-7-8-25(37)24(18-36)30(21)35/h7-8,10,15,17,20,22,27H,3-6,9,11-14,16,19,37H2,1-2H3,(H,38,45)/t20-,22-,27-,35-/m0/s1. The van der Waals surface area contributed by atoms with Crippen molar-refractivity contribution in [3.05, 3.63) is 64.2 Å². The maximum absolute atomic E-state index is 13.0. The van der Waals surface area contributed by atoms with Crippen LogP contribution in [0.1, 0.15) is 84.0 Å². The lowest BCUT2D eigenvalue weighted by atomic mass is 9.68. The number of aryl methyl sites for hydroxylation is 1. The summed E-state index contributed by atoms with van der Waals surface area (Å²) in [4.78, 5) is 25.1. The van der Waals surface area contributed by atoms with Crippen molar-refractivity contribution in [3.63, 3.8) is 0 Å². The van der Waals surface area contributed by atoms with E-state index in [9.17, 15) is 10.1 Å². The second-order valence-electron chi connectivity index (χ2n) is 13.5. The second kappa shape index (κ2) is 12.0. The molecule has 13 nitrogen and oxygen atoms in total. The molecule has 1 spiro atoms. The lowest BCUT2D eigenvalue weighted by Crippen LogP contribution is -2.38. The molecular formula is C35H39N9O4. The van der Waals surface area contributed by atoms with E-state index in [1.54, 1.807) is 23.0 Å². The van der Waals surface area contributed by atoms with Crippen LogP contribution in [-0.2, 0) is 23.0 Å². The maximum Gasteiger partial charge on any atom is 0.272 e. The molecule has 48 heavy (non-hydrogen) atoms. The third-order valence-electron chi connectivity index (χ3n) is 10.6. The molecule has 5 heterocycles. The van der Waals surface area contributed by atoms with E-state index in [0.29, 0.717) is 47.7 Å². The molecule has 4 aromatic rings. The number of likely N-dealkylation sites (N-methyl/N-ethyl adjacent to an activating group) is 1. The molecule has 1 amide bonds. The van der Waals surface area contributed by atoms with E-state index in [-0.39, 0.29) is 29.8 Å². The van der Waals surface area contributed by atoms with Crippen LogP contribution in [0.4, 0.5) is 5.69 Å². The number of benzene rings is 1. The van der Waals surface area contributed by atoms with E-state index >= 15 is 0 Å². The van der Waals surface area contributed by atoms with Gasteiger partial charge in [0.1, 0.15) is 12.2 Å². The van der Waals surface area contributed by atoms with Crippen LogP contribution < -0.4 is 15.8 Å². The summed E-state index contributed by atoms with van der Waals surface area (Å²) in [5.41, 5.74) is 10.7. The molecule has 0 radical (unpaired) electrons. The van der Waals surface area contributed by atoms with Gasteiger partial charge in [-0.15, -0.1) is 0 Å². The number of aromatic nitrogens is 5. The van der Waals surface area contributed by atoms with E-state index in [0.717, 1.165) is 80.4 Å². The van der Waals surface area contributed by atoms with Crippen molar-refractivity contribution in [1.82, 2.24) is 35.1 Å². The van der Waals surface area contributed by atoms with Gasteiger partial charge in [-0.05, 0) is 95.1 Å². The summed E-state index contributed by atoms with van der Waals surface area (Å²) in [5, 5.41) is 22.3. The van der Waals surface area contributed by atoms with Crippen LogP contribution >= 0.6 is 0 Å². The molecule has 0 saturated carbocycles. The number of ether oxygens (including phenoxy) is 2. The Bertz CT molecular complexity index is 1920. The van der Waals surface area contributed by atoms with Gasteiger partial charge in [0, 0.05) is 36.2 Å². The molecule has 0 bridgehead atoms. The zero-order chi connectivity index (χ0) is 33.0. The van der Waals surface area contributed by atoms with Gasteiger partial charge >= 0.3 is 0 Å². The van der Waals surface area contributed by atoms with Crippen molar-refractivity contribution in [2.24, 2.45) is 0 Å². The van der Waals surface area contributed by atoms with Crippen LogP contribution in [-0.4, -0.2) is 80.7 Å². The average molecular weight is 650 g/mol. The van der Waals surface area contributed by atoms with Gasteiger partial charge in [0.2, 0.25) is 5.88 Å². The van der Waals surface area contributed by atoms with E-state index < -0.39 is 5.41 Å². The minimum absolute atomic E-state index is 0.0299. The summed E-state index contributed by atoms with van der Waals surface area (Å²) in [6, 6.07) is 9.87. The number of hydrogen-bond donors (Lipinski definition) is 2. The highest BCUT2D eigenvalue weighted by Gasteiger charge is 2.49. The predicted molar refractivity (Wildman–Crippen MR) is 175 cm³/mol. The SMILES string of the molecule is C[C@H](Oc1cc(-n2ccc(C(=O)N[C@H]3CCOC3)n2)nc(-c2noc3c2CCC[C@@]32CCc3ccc(N)c(C#N)c32)n1)[C@@H]1CCCN1C.